The highest BCUT2D eigenvalue weighted by Gasteiger charge is 2.27. The first-order valence-corrected chi connectivity index (χ1v) is 34.1. The summed E-state index contributed by atoms with van der Waals surface area (Å²) in [5.74, 6) is -0.186. The van der Waals surface area contributed by atoms with Gasteiger partial charge in [0.1, 0.15) is 24.9 Å². The lowest BCUT2D eigenvalue weighted by Crippen LogP contribution is -2.27. The van der Waals surface area contributed by atoms with Crippen LogP contribution in [0.1, 0.15) is 291 Å². The zero-order chi connectivity index (χ0) is 57.9. The predicted molar refractivity (Wildman–Crippen MR) is 328 cm³/mol. The van der Waals surface area contributed by atoms with Gasteiger partial charge in [-0.15, -0.1) is 0 Å². The molecule has 1 heterocycles. The Balaban J connectivity index is 2.41. The molecule has 0 amide bonds. The van der Waals surface area contributed by atoms with Gasteiger partial charge in [-0.2, -0.15) is 0 Å². The molecule has 0 aromatic rings. The van der Waals surface area contributed by atoms with Gasteiger partial charge in [0.25, 0.3) is 0 Å². The molecule has 0 bridgehead atoms. The van der Waals surface area contributed by atoms with E-state index in [4.69, 9.17) is 42.6 Å². The molecule has 1 saturated heterocycles. The van der Waals surface area contributed by atoms with E-state index in [0.717, 1.165) is 135 Å². The maximum absolute atomic E-state index is 12.9. The molecule has 0 aromatic heterocycles. The monoisotopic (exact) mass is 1140 g/mol. The quantitative estimate of drug-likeness (QED) is 0.0325. The lowest BCUT2D eigenvalue weighted by atomic mass is 10.0. The Kier molecular flexibility index (Phi) is 57.4. The fourth-order valence-electron chi connectivity index (χ4n) is 10.5. The van der Waals surface area contributed by atoms with E-state index in [1.165, 1.54) is 128 Å². The average molecular weight is 1140 g/mol. The van der Waals surface area contributed by atoms with Crippen molar-refractivity contribution in [3.63, 3.8) is 0 Å². The van der Waals surface area contributed by atoms with Gasteiger partial charge in [-0.25, -0.2) is 0 Å². The van der Waals surface area contributed by atoms with E-state index in [9.17, 15) is 14.4 Å². The van der Waals surface area contributed by atoms with E-state index in [1.807, 2.05) is 7.05 Å². The molecule has 13 nitrogen and oxygen atoms in total. The highest BCUT2D eigenvalue weighted by atomic mass is 16.6. The molecular weight excluding hydrogens is 1010 g/mol. The maximum atomic E-state index is 12.9. The minimum absolute atomic E-state index is 0.0132. The number of esters is 3. The number of carbonyl (C=O) groups is 3. The number of carbonyl (C=O) groups excluding carboxylic acids is 3. The SMILES string of the molecule is CCCCCCCCC(CCCCCCCC)OC(=O)CCCCCCCOCC(COCCOCCOCCOCCOC(=O)C1CCN(C)C1)OCCCCCCCC(=O)OC(CCCCCCCC)CCCCCCCC. The van der Waals surface area contributed by atoms with Gasteiger partial charge >= 0.3 is 17.9 Å². The second-order valence-electron chi connectivity index (χ2n) is 23.4. The number of likely N-dealkylation sites (tertiary alicyclic amines) is 1. The van der Waals surface area contributed by atoms with Gasteiger partial charge in [-0.1, -0.05) is 195 Å². The van der Waals surface area contributed by atoms with Crippen LogP contribution in [-0.4, -0.2) is 141 Å². The second-order valence-corrected chi connectivity index (χ2v) is 23.4. The molecule has 474 valence electrons. The molecule has 2 unspecified atom stereocenters. The normalized spacial score (nSPS) is 14.2. The van der Waals surface area contributed by atoms with Gasteiger partial charge in [-0.3, -0.25) is 14.4 Å². The minimum Gasteiger partial charge on any atom is -0.463 e. The first-order chi connectivity index (χ1) is 39.3. The van der Waals surface area contributed by atoms with Crippen LogP contribution in [0.3, 0.4) is 0 Å². The largest absolute Gasteiger partial charge is 0.463 e. The van der Waals surface area contributed by atoms with Gasteiger partial charge in [0.2, 0.25) is 0 Å². The van der Waals surface area contributed by atoms with Gasteiger partial charge in [-0.05, 0) is 97.1 Å². The van der Waals surface area contributed by atoms with E-state index >= 15 is 0 Å². The zero-order valence-corrected chi connectivity index (χ0v) is 53.0. The zero-order valence-electron chi connectivity index (χ0n) is 53.0. The van der Waals surface area contributed by atoms with E-state index in [0.29, 0.717) is 85.5 Å². The Labute approximate surface area is 492 Å². The van der Waals surface area contributed by atoms with Crippen molar-refractivity contribution in [2.45, 2.75) is 309 Å². The van der Waals surface area contributed by atoms with Crippen molar-refractivity contribution in [1.29, 1.82) is 0 Å². The molecule has 1 aliphatic rings. The fraction of sp³-hybridized carbons (Fsp3) is 0.955. The standard InChI is InChI=1S/C67H129NO12/c1-6-10-14-18-24-32-40-62(41-33-25-19-15-11-7-2)79-65(69)44-36-28-22-30-38-48-75-59-64(60-76-55-54-73-51-50-72-52-53-74-56-57-78-67(71)61-46-47-68(5)58-61)77-49-39-31-23-29-37-45-66(70)80-63(42-34-26-20-16-12-8-3)43-35-27-21-17-13-9-4/h61-64H,6-60H2,1-5H3. The molecule has 2 atom stereocenters. The number of unbranched alkanes of at least 4 members (excludes halogenated alkanes) is 28. The summed E-state index contributed by atoms with van der Waals surface area (Å²) in [5, 5.41) is 0. The number of nitrogens with zero attached hydrogens (tertiary/aromatic N) is 1. The molecular formula is C67H129NO12. The summed E-state index contributed by atoms with van der Waals surface area (Å²) in [6.07, 6.45) is 46.2. The van der Waals surface area contributed by atoms with Crippen LogP contribution in [0.15, 0.2) is 0 Å². The van der Waals surface area contributed by atoms with E-state index in [2.05, 4.69) is 32.6 Å². The van der Waals surface area contributed by atoms with Gasteiger partial charge in [0, 0.05) is 32.6 Å². The Hall–Kier alpha value is -1.87. The molecule has 13 heteroatoms. The molecule has 0 spiro atoms. The number of hydrogen-bond acceptors (Lipinski definition) is 13. The molecule has 0 aromatic carbocycles. The predicted octanol–water partition coefficient (Wildman–Crippen LogP) is 16.5. The van der Waals surface area contributed by atoms with E-state index in [-0.39, 0.29) is 48.7 Å². The first-order valence-electron chi connectivity index (χ1n) is 34.1. The smallest absolute Gasteiger partial charge is 0.310 e. The highest BCUT2D eigenvalue weighted by Crippen LogP contribution is 2.21. The molecule has 1 rings (SSSR count). The average Bonchev–Trinajstić information content (AvgIpc) is 3.90. The fourth-order valence-corrected chi connectivity index (χ4v) is 10.5. The van der Waals surface area contributed by atoms with Gasteiger partial charge in [0.05, 0.1) is 65.4 Å². The van der Waals surface area contributed by atoms with Crippen LogP contribution in [0, 0.1) is 5.92 Å². The van der Waals surface area contributed by atoms with Crippen molar-refractivity contribution < 1.29 is 57.0 Å². The Morgan fingerprint density at radius 1 is 0.375 bits per heavy atom. The summed E-state index contributed by atoms with van der Waals surface area (Å²) in [6.45, 7) is 16.3. The Morgan fingerprint density at radius 3 is 1.11 bits per heavy atom. The number of rotatable bonds is 64. The van der Waals surface area contributed by atoms with E-state index < -0.39 is 0 Å². The third-order valence-corrected chi connectivity index (χ3v) is 15.6. The van der Waals surface area contributed by atoms with Crippen LogP contribution in [0.2, 0.25) is 0 Å². The lowest BCUT2D eigenvalue weighted by Gasteiger charge is -2.19. The molecule has 0 aliphatic carbocycles. The van der Waals surface area contributed by atoms with Crippen LogP contribution >= 0.6 is 0 Å². The van der Waals surface area contributed by atoms with Crippen molar-refractivity contribution >= 4 is 17.9 Å². The van der Waals surface area contributed by atoms with Crippen molar-refractivity contribution in [3.8, 4) is 0 Å². The summed E-state index contributed by atoms with van der Waals surface area (Å²) in [7, 11) is 2.02. The Morgan fingerprint density at radius 2 is 0.713 bits per heavy atom. The van der Waals surface area contributed by atoms with Crippen LogP contribution in [0.5, 0.6) is 0 Å². The summed E-state index contributed by atoms with van der Waals surface area (Å²) >= 11 is 0. The van der Waals surface area contributed by atoms with Gasteiger partial charge < -0.3 is 47.5 Å². The van der Waals surface area contributed by atoms with E-state index in [1.54, 1.807) is 0 Å². The topological polar surface area (TPSA) is 138 Å². The summed E-state index contributed by atoms with van der Waals surface area (Å²) in [4.78, 5) is 40.1. The molecule has 0 N–H and O–H groups in total. The second kappa shape index (κ2) is 60.3. The third kappa shape index (κ3) is 51.7. The summed E-state index contributed by atoms with van der Waals surface area (Å²) < 4.78 is 52.9. The lowest BCUT2D eigenvalue weighted by molar-refractivity contribution is -0.151. The Bertz CT molecular complexity index is 1290. The maximum Gasteiger partial charge on any atom is 0.310 e. The van der Waals surface area contributed by atoms with Crippen molar-refractivity contribution in [2.24, 2.45) is 5.92 Å². The highest BCUT2D eigenvalue weighted by molar-refractivity contribution is 5.73. The van der Waals surface area contributed by atoms with Gasteiger partial charge in [0.15, 0.2) is 0 Å². The van der Waals surface area contributed by atoms with Crippen molar-refractivity contribution in [3.05, 3.63) is 0 Å². The number of ether oxygens (including phenoxy) is 9. The van der Waals surface area contributed by atoms with Crippen molar-refractivity contribution in [2.75, 3.05) is 99.4 Å². The molecule has 1 aliphatic heterocycles. The number of hydrogen-bond donors (Lipinski definition) is 0. The molecule has 1 fully saturated rings. The van der Waals surface area contributed by atoms with Crippen LogP contribution in [0.25, 0.3) is 0 Å². The minimum atomic E-state index is -0.168. The van der Waals surface area contributed by atoms with Crippen LogP contribution in [-0.2, 0) is 57.0 Å². The molecule has 0 radical (unpaired) electrons. The first kappa shape index (κ1) is 76.1. The summed E-state index contributed by atoms with van der Waals surface area (Å²) in [5.41, 5.74) is 0. The van der Waals surface area contributed by atoms with Crippen molar-refractivity contribution in [1.82, 2.24) is 4.90 Å². The summed E-state index contributed by atoms with van der Waals surface area (Å²) in [6, 6.07) is 0. The molecule has 0 saturated carbocycles. The molecule has 80 heavy (non-hydrogen) atoms. The van der Waals surface area contributed by atoms with Crippen LogP contribution in [0.4, 0.5) is 0 Å². The van der Waals surface area contributed by atoms with Crippen LogP contribution < -0.4 is 0 Å². The third-order valence-electron chi connectivity index (χ3n) is 15.6.